The lowest BCUT2D eigenvalue weighted by molar-refractivity contribution is -0.139. The number of nitrogens with one attached hydrogen (secondary N) is 1. The molecule has 1 unspecified atom stereocenters. The number of anilines is 1. The van der Waals surface area contributed by atoms with E-state index in [1.807, 2.05) is 24.3 Å². The Morgan fingerprint density at radius 1 is 1.21 bits per heavy atom. The minimum Gasteiger partial charge on any atom is -0.484 e. The quantitative estimate of drug-likeness (QED) is 0.816. The van der Waals surface area contributed by atoms with Crippen molar-refractivity contribution in [2.24, 2.45) is 0 Å². The van der Waals surface area contributed by atoms with E-state index in [9.17, 15) is 9.59 Å². The van der Waals surface area contributed by atoms with Crippen molar-refractivity contribution in [2.75, 3.05) is 5.32 Å². The molecule has 24 heavy (non-hydrogen) atoms. The molecule has 1 atom stereocenters. The van der Waals surface area contributed by atoms with Crippen molar-refractivity contribution in [3.8, 4) is 0 Å². The average molecular weight is 342 g/mol. The summed E-state index contributed by atoms with van der Waals surface area (Å²) in [6.45, 7) is 0. The van der Waals surface area contributed by atoms with Crippen LogP contribution in [0.25, 0.3) is 11.3 Å². The third-order valence-electron chi connectivity index (χ3n) is 4.13. The molecule has 0 aliphatic carbocycles. The van der Waals surface area contributed by atoms with E-state index < -0.39 is 12.1 Å². The molecule has 0 aromatic heterocycles. The molecule has 0 fully saturated rings. The fraction of sp³-hybridized carbons (Fsp3) is 0.111. The SMILES string of the molecule is O=C(O)CC1O/C(=C2/C(=O)Nc3ccc(Cl)cc32)c2ccccc21. The lowest BCUT2D eigenvalue weighted by Crippen LogP contribution is -2.07. The van der Waals surface area contributed by atoms with Gasteiger partial charge in [0.1, 0.15) is 11.9 Å². The van der Waals surface area contributed by atoms with Gasteiger partial charge in [0.2, 0.25) is 0 Å². The van der Waals surface area contributed by atoms with Gasteiger partial charge in [-0.15, -0.1) is 0 Å². The lowest BCUT2D eigenvalue weighted by Gasteiger charge is -2.10. The van der Waals surface area contributed by atoms with Gasteiger partial charge < -0.3 is 15.2 Å². The smallest absolute Gasteiger partial charge is 0.307 e. The Hall–Kier alpha value is -2.79. The molecule has 2 aromatic rings. The van der Waals surface area contributed by atoms with Crippen LogP contribution in [0.2, 0.25) is 5.02 Å². The van der Waals surface area contributed by atoms with Crippen molar-refractivity contribution in [3.63, 3.8) is 0 Å². The summed E-state index contributed by atoms with van der Waals surface area (Å²) in [6, 6.07) is 12.4. The molecule has 0 saturated carbocycles. The van der Waals surface area contributed by atoms with Crippen molar-refractivity contribution in [3.05, 3.63) is 64.2 Å². The Labute approximate surface area is 142 Å². The van der Waals surface area contributed by atoms with Crippen LogP contribution in [0, 0.1) is 0 Å². The number of fused-ring (bicyclic) bond motifs is 2. The van der Waals surface area contributed by atoms with Crippen LogP contribution in [-0.4, -0.2) is 17.0 Å². The molecule has 6 heteroatoms. The first-order valence-electron chi connectivity index (χ1n) is 7.38. The molecule has 2 aliphatic rings. The molecule has 2 heterocycles. The van der Waals surface area contributed by atoms with E-state index in [4.69, 9.17) is 21.4 Å². The second-order valence-corrected chi connectivity index (χ2v) is 6.08. The van der Waals surface area contributed by atoms with Crippen molar-refractivity contribution < 1.29 is 19.4 Å². The maximum Gasteiger partial charge on any atom is 0.307 e. The molecule has 0 saturated heterocycles. The van der Waals surface area contributed by atoms with Crippen LogP contribution in [-0.2, 0) is 14.3 Å². The Morgan fingerprint density at radius 2 is 2.00 bits per heavy atom. The highest BCUT2D eigenvalue weighted by atomic mass is 35.5. The number of hydrogen-bond acceptors (Lipinski definition) is 3. The number of carbonyl (C=O) groups is 2. The zero-order chi connectivity index (χ0) is 16.8. The van der Waals surface area contributed by atoms with Gasteiger partial charge >= 0.3 is 5.97 Å². The lowest BCUT2D eigenvalue weighted by atomic mass is 9.98. The van der Waals surface area contributed by atoms with Gasteiger partial charge in [0.15, 0.2) is 0 Å². The minimum absolute atomic E-state index is 0.169. The minimum atomic E-state index is -0.958. The second kappa shape index (κ2) is 5.39. The van der Waals surface area contributed by atoms with Crippen molar-refractivity contribution in [1.29, 1.82) is 0 Å². The summed E-state index contributed by atoms with van der Waals surface area (Å²) in [5.41, 5.74) is 3.21. The average Bonchev–Trinajstić information content (AvgIpc) is 3.04. The number of halogens is 1. The molecule has 0 radical (unpaired) electrons. The summed E-state index contributed by atoms with van der Waals surface area (Å²) in [6.07, 6.45) is -0.783. The van der Waals surface area contributed by atoms with Crippen LogP contribution in [0.1, 0.15) is 29.2 Å². The van der Waals surface area contributed by atoms with Gasteiger partial charge in [-0.3, -0.25) is 9.59 Å². The number of aliphatic carboxylic acids is 1. The third kappa shape index (κ3) is 2.25. The number of ether oxygens (including phenoxy) is 1. The van der Waals surface area contributed by atoms with Gasteiger partial charge in [-0.2, -0.15) is 0 Å². The highest BCUT2D eigenvalue weighted by molar-refractivity contribution is 6.38. The number of amides is 1. The zero-order valence-electron chi connectivity index (χ0n) is 12.4. The molecule has 0 bridgehead atoms. The van der Waals surface area contributed by atoms with E-state index in [1.54, 1.807) is 18.2 Å². The summed E-state index contributed by atoms with van der Waals surface area (Å²) >= 11 is 6.06. The summed E-state index contributed by atoms with van der Waals surface area (Å²) in [5, 5.41) is 12.4. The van der Waals surface area contributed by atoms with E-state index in [-0.39, 0.29) is 12.3 Å². The fourth-order valence-corrected chi connectivity index (χ4v) is 3.29. The first-order valence-corrected chi connectivity index (χ1v) is 7.75. The topological polar surface area (TPSA) is 75.6 Å². The Balaban J connectivity index is 1.91. The predicted molar refractivity (Wildman–Crippen MR) is 89.4 cm³/mol. The van der Waals surface area contributed by atoms with Crippen molar-refractivity contribution in [2.45, 2.75) is 12.5 Å². The summed E-state index contributed by atoms with van der Waals surface area (Å²) in [5.74, 6) is -0.844. The normalized spacial score (nSPS) is 21.0. The molecular formula is C18H12ClNO4. The number of carboxylic acids is 1. The summed E-state index contributed by atoms with van der Waals surface area (Å²) in [4.78, 5) is 23.6. The number of rotatable bonds is 2. The zero-order valence-corrected chi connectivity index (χ0v) is 13.1. The van der Waals surface area contributed by atoms with E-state index in [0.717, 1.165) is 11.1 Å². The van der Waals surface area contributed by atoms with E-state index in [1.165, 1.54) is 0 Å². The Morgan fingerprint density at radius 3 is 2.79 bits per heavy atom. The van der Waals surface area contributed by atoms with E-state index in [0.29, 0.717) is 27.6 Å². The molecule has 2 aromatic carbocycles. The van der Waals surface area contributed by atoms with Crippen LogP contribution in [0.3, 0.4) is 0 Å². The summed E-state index contributed by atoms with van der Waals surface area (Å²) in [7, 11) is 0. The molecule has 5 nitrogen and oxygen atoms in total. The highest BCUT2D eigenvalue weighted by Crippen LogP contribution is 2.46. The third-order valence-corrected chi connectivity index (χ3v) is 4.36. The van der Waals surface area contributed by atoms with Gasteiger partial charge in [0.25, 0.3) is 5.91 Å². The van der Waals surface area contributed by atoms with Gasteiger partial charge in [-0.05, 0) is 18.2 Å². The standard InChI is InChI=1S/C18H12ClNO4/c19-9-5-6-13-12(7-9)16(18(23)20-13)17-11-4-2-1-3-10(11)14(24-17)8-15(21)22/h1-7,14H,8H2,(H,20,23)(H,21,22)/b17-16+. The molecule has 2 N–H and O–H groups in total. The van der Waals surface area contributed by atoms with E-state index in [2.05, 4.69) is 5.32 Å². The van der Waals surface area contributed by atoms with Gasteiger partial charge in [0, 0.05) is 27.4 Å². The Bertz CT molecular complexity index is 919. The van der Waals surface area contributed by atoms with Crippen LogP contribution in [0.4, 0.5) is 5.69 Å². The summed E-state index contributed by atoms with van der Waals surface area (Å²) < 4.78 is 5.89. The van der Waals surface area contributed by atoms with Crippen molar-refractivity contribution in [1.82, 2.24) is 0 Å². The van der Waals surface area contributed by atoms with Crippen LogP contribution in [0.15, 0.2) is 42.5 Å². The van der Waals surface area contributed by atoms with E-state index >= 15 is 0 Å². The maximum absolute atomic E-state index is 12.5. The first kappa shape index (κ1) is 14.8. The fourth-order valence-electron chi connectivity index (χ4n) is 3.12. The molecule has 0 spiro atoms. The molecule has 120 valence electrons. The molecular weight excluding hydrogens is 330 g/mol. The maximum atomic E-state index is 12.5. The van der Waals surface area contributed by atoms with Crippen LogP contribution in [0.5, 0.6) is 0 Å². The highest BCUT2D eigenvalue weighted by Gasteiger charge is 2.36. The number of hydrogen-bond donors (Lipinski definition) is 2. The number of benzene rings is 2. The van der Waals surface area contributed by atoms with Crippen LogP contribution >= 0.6 is 11.6 Å². The number of carbonyl (C=O) groups excluding carboxylic acids is 1. The van der Waals surface area contributed by atoms with Crippen LogP contribution < -0.4 is 5.32 Å². The van der Waals surface area contributed by atoms with Gasteiger partial charge in [-0.25, -0.2) is 0 Å². The van der Waals surface area contributed by atoms with Gasteiger partial charge in [0.05, 0.1) is 12.0 Å². The molecule has 4 rings (SSSR count). The molecule has 1 amide bonds. The monoisotopic (exact) mass is 341 g/mol. The van der Waals surface area contributed by atoms with Gasteiger partial charge in [-0.1, -0.05) is 35.9 Å². The first-order chi connectivity index (χ1) is 11.5. The predicted octanol–water partition coefficient (Wildman–Crippen LogP) is 3.71. The largest absolute Gasteiger partial charge is 0.484 e. The second-order valence-electron chi connectivity index (χ2n) is 5.64. The van der Waals surface area contributed by atoms with Crippen molar-refractivity contribution >= 4 is 40.5 Å². The Kier molecular flexibility index (Phi) is 3.32. The molecule has 2 aliphatic heterocycles. The number of carboxylic acid groups (broad SMARTS) is 1.